The monoisotopic (exact) mass is 490 g/mol. The zero-order chi connectivity index (χ0) is 23.6. The van der Waals surface area contributed by atoms with Crippen LogP contribution in [0.15, 0.2) is 42.5 Å². The smallest absolute Gasteiger partial charge is 0.264 e. The van der Waals surface area contributed by atoms with Gasteiger partial charge in [0.15, 0.2) is 0 Å². The number of primary amides is 1. The van der Waals surface area contributed by atoms with Crippen molar-refractivity contribution >= 4 is 41.2 Å². The number of halogens is 1. The van der Waals surface area contributed by atoms with E-state index < -0.39 is 11.9 Å². The van der Waals surface area contributed by atoms with E-state index >= 15 is 0 Å². The summed E-state index contributed by atoms with van der Waals surface area (Å²) in [5.74, 6) is -0.427. The Morgan fingerprint density at radius 2 is 1.70 bits per heavy atom. The largest absolute Gasteiger partial charge is 0.368 e. The molecule has 3 amide bonds. The van der Waals surface area contributed by atoms with Crippen LogP contribution in [0.1, 0.15) is 53.4 Å². The van der Waals surface area contributed by atoms with Crippen molar-refractivity contribution < 1.29 is 14.4 Å². The standard InChI is InChI=1S/C15H21ClN2OS.C9H10N2O2/c16-14-7-6-13(20-14)15(19)18-10-8-17(9-11-18)12-4-2-1-3-5-12;10-9(13)8(11-6-12)7-4-2-1-3-5-7/h6-7,12H,1-5,8-11H2;1-6,8H,(H2,10,13)(H,11,12). The number of nitrogens with zero attached hydrogens (tertiary/aromatic N) is 2. The van der Waals surface area contributed by atoms with E-state index in [-0.39, 0.29) is 5.91 Å². The molecule has 3 N–H and O–H groups in total. The van der Waals surface area contributed by atoms with Gasteiger partial charge in [-0.3, -0.25) is 19.3 Å². The molecule has 2 heterocycles. The van der Waals surface area contributed by atoms with Crippen LogP contribution in [0.5, 0.6) is 0 Å². The maximum atomic E-state index is 12.4. The molecular weight excluding hydrogens is 460 g/mol. The normalized spacial score (nSPS) is 18.0. The molecule has 2 aromatic rings. The summed E-state index contributed by atoms with van der Waals surface area (Å²) in [6.07, 6.45) is 7.29. The van der Waals surface area contributed by atoms with Crippen LogP contribution in [0.25, 0.3) is 0 Å². The Morgan fingerprint density at radius 3 is 2.24 bits per heavy atom. The molecule has 0 radical (unpaired) electrons. The van der Waals surface area contributed by atoms with Gasteiger partial charge in [-0.05, 0) is 30.5 Å². The third kappa shape index (κ3) is 7.28. The molecule has 7 nitrogen and oxygen atoms in total. The van der Waals surface area contributed by atoms with Crippen molar-refractivity contribution in [2.24, 2.45) is 5.73 Å². The first-order chi connectivity index (χ1) is 16.0. The Kier molecular flexibility index (Phi) is 9.72. The van der Waals surface area contributed by atoms with Crippen LogP contribution in [0.2, 0.25) is 4.34 Å². The first-order valence-electron chi connectivity index (χ1n) is 11.3. The lowest BCUT2D eigenvalue weighted by atomic mass is 9.94. The number of amides is 3. The molecule has 9 heteroatoms. The van der Waals surface area contributed by atoms with E-state index in [0.717, 1.165) is 37.1 Å². The lowest BCUT2D eigenvalue weighted by molar-refractivity contribution is -0.122. The number of thiophene rings is 1. The maximum absolute atomic E-state index is 12.4. The van der Waals surface area contributed by atoms with E-state index in [2.05, 4.69) is 10.2 Å². The van der Waals surface area contributed by atoms with E-state index in [1.165, 1.54) is 43.4 Å². The van der Waals surface area contributed by atoms with Crippen molar-refractivity contribution in [3.05, 3.63) is 57.2 Å². The molecule has 1 aliphatic heterocycles. The van der Waals surface area contributed by atoms with Gasteiger partial charge in [-0.2, -0.15) is 0 Å². The van der Waals surface area contributed by atoms with Gasteiger partial charge in [-0.25, -0.2) is 0 Å². The van der Waals surface area contributed by atoms with Gasteiger partial charge in [-0.1, -0.05) is 61.2 Å². The predicted octanol–water partition coefficient (Wildman–Crippen LogP) is 3.45. The molecule has 1 saturated heterocycles. The number of hydrogen-bond donors (Lipinski definition) is 2. The summed E-state index contributed by atoms with van der Waals surface area (Å²) < 4.78 is 0.689. The summed E-state index contributed by atoms with van der Waals surface area (Å²) in [6.45, 7) is 3.75. The quantitative estimate of drug-likeness (QED) is 0.606. The Balaban J connectivity index is 0.000000205. The molecule has 1 aliphatic carbocycles. The van der Waals surface area contributed by atoms with Crippen molar-refractivity contribution in [1.82, 2.24) is 15.1 Å². The molecule has 4 rings (SSSR count). The zero-order valence-electron chi connectivity index (χ0n) is 18.6. The highest BCUT2D eigenvalue weighted by atomic mass is 35.5. The lowest BCUT2D eigenvalue weighted by Crippen LogP contribution is -2.52. The Bertz CT molecular complexity index is 909. The van der Waals surface area contributed by atoms with Gasteiger partial charge in [0.05, 0.1) is 9.21 Å². The molecule has 1 atom stereocenters. The number of rotatable bonds is 6. The number of hydrogen-bond acceptors (Lipinski definition) is 5. The Hall–Kier alpha value is -2.42. The number of carbonyl (C=O) groups is 3. The summed E-state index contributed by atoms with van der Waals surface area (Å²) in [4.78, 5) is 38.7. The van der Waals surface area contributed by atoms with Crippen LogP contribution in [0.4, 0.5) is 0 Å². The SMILES string of the molecule is NC(=O)C(NC=O)c1ccccc1.O=C(c1ccc(Cl)s1)N1CCN(C2CCCCC2)CC1. The molecule has 1 aromatic carbocycles. The number of nitrogens with two attached hydrogens (primary N) is 1. The second kappa shape index (κ2) is 12.7. The minimum Gasteiger partial charge on any atom is -0.368 e. The van der Waals surface area contributed by atoms with Crippen molar-refractivity contribution in [3.8, 4) is 0 Å². The molecule has 2 fully saturated rings. The lowest BCUT2D eigenvalue weighted by Gasteiger charge is -2.40. The fourth-order valence-electron chi connectivity index (χ4n) is 4.38. The maximum Gasteiger partial charge on any atom is 0.264 e. The predicted molar refractivity (Wildman–Crippen MR) is 131 cm³/mol. The van der Waals surface area contributed by atoms with Gasteiger partial charge in [0.2, 0.25) is 12.3 Å². The average molecular weight is 491 g/mol. The minimum atomic E-state index is -0.737. The molecule has 1 saturated carbocycles. The van der Waals surface area contributed by atoms with E-state index in [0.29, 0.717) is 16.3 Å². The third-order valence-electron chi connectivity index (χ3n) is 6.13. The Labute approximate surface area is 203 Å². The summed E-state index contributed by atoms with van der Waals surface area (Å²) in [5, 5.41) is 2.34. The molecule has 33 heavy (non-hydrogen) atoms. The van der Waals surface area contributed by atoms with Gasteiger partial charge in [0, 0.05) is 32.2 Å². The van der Waals surface area contributed by atoms with E-state index in [9.17, 15) is 14.4 Å². The van der Waals surface area contributed by atoms with Crippen LogP contribution in [-0.4, -0.2) is 60.2 Å². The summed E-state index contributed by atoms with van der Waals surface area (Å²) in [7, 11) is 0. The van der Waals surface area contributed by atoms with Crippen molar-refractivity contribution in [3.63, 3.8) is 0 Å². The Morgan fingerprint density at radius 1 is 1.03 bits per heavy atom. The van der Waals surface area contributed by atoms with Crippen LogP contribution in [0.3, 0.4) is 0 Å². The fraction of sp³-hybridized carbons (Fsp3) is 0.458. The first-order valence-corrected chi connectivity index (χ1v) is 12.5. The summed E-state index contributed by atoms with van der Waals surface area (Å²) in [5.41, 5.74) is 5.78. The summed E-state index contributed by atoms with van der Waals surface area (Å²) >= 11 is 7.29. The average Bonchev–Trinajstić information content (AvgIpc) is 3.30. The van der Waals surface area contributed by atoms with Crippen molar-refractivity contribution in [2.45, 2.75) is 44.2 Å². The molecule has 1 aromatic heterocycles. The van der Waals surface area contributed by atoms with E-state index in [1.54, 1.807) is 30.3 Å². The highest BCUT2D eigenvalue weighted by Gasteiger charge is 2.27. The van der Waals surface area contributed by atoms with Gasteiger partial charge in [-0.15, -0.1) is 11.3 Å². The highest BCUT2D eigenvalue weighted by molar-refractivity contribution is 7.17. The second-order valence-corrected chi connectivity index (χ2v) is 9.97. The van der Waals surface area contributed by atoms with Crippen molar-refractivity contribution in [2.75, 3.05) is 26.2 Å². The van der Waals surface area contributed by atoms with Gasteiger partial charge >= 0.3 is 0 Å². The third-order valence-corrected chi connectivity index (χ3v) is 7.35. The molecule has 0 bridgehead atoms. The van der Waals surface area contributed by atoms with Crippen molar-refractivity contribution in [1.29, 1.82) is 0 Å². The van der Waals surface area contributed by atoms with E-state index in [4.69, 9.17) is 17.3 Å². The molecule has 178 valence electrons. The van der Waals surface area contributed by atoms with E-state index in [1.807, 2.05) is 17.0 Å². The van der Waals surface area contributed by atoms with Gasteiger partial charge in [0.25, 0.3) is 5.91 Å². The highest BCUT2D eigenvalue weighted by Crippen LogP contribution is 2.25. The summed E-state index contributed by atoms with van der Waals surface area (Å²) in [6, 6.07) is 12.5. The van der Waals surface area contributed by atoms with Gasteiger partial charge < -0.3 is 16.0 Å². The van der Waals surface area contributed by atoms with Crippen LogP contribution in [-0.2, 0) is 9.59 Å². The second-order valence-electron chi connectivity index (χ2n) is 8.25. The van der Waals surface area contributed by atoms with Crippen LogP contribution in [0, 0.1) is 0 Å². The number of carbonyl (C=O) groups excluding carboxylic acids is 3. The fourth-order valence-corrected chi connectivity index (χ4v) is 5.39. The topological polar surface area (TPSA) is 95.7 Å². The molecule has 2 aliphatic rings. The van der Waals surface area contributed by atoms with Crippen LogP contribution >= 0.6 is 22.9 Å². The molecule has 1 unspecified atom stereocenters. The molecule has 0 spiro atoms. The first kappa shape index (κ1) is 25.2. The zero-order valence-corrected chi connectivity index (χ0v) is 20.2. The number of piperazine rings is 1. The number of benzene rings is 1. The molecular formula is C24H31ClN4O3S. The van der Waals surface area contributed by atoms with Gasteiger partial charge in [0.1, 0.15) is 6.04 Å². The minimum absolute atomic E-state index is 0.144. The van der Waals surface area contributed by atoms with Crippen LogP contribution < -0.4 is 11.1 Å². The number of nitrogens with one attached hydrogen (secondary N) is 1.